The zero-order valence-electron chi connectivity index (χ0n) is 26.7. The maximum Gasteiger partial charge on any atom is 0.398 e. The molecule has 0 atom stereocenters. The van der Waals surface area contributed by atoms with Gasteiger partial charge in [-0.15, -0.1) is 0 Å². The Morgan fingerprint density at radius 2 is 0.811 bits per heavy atom. The summed E-state index contributed by atoms with van der Waals surface area (Å²) in [5, 5.41) is 0. The van der Waals surface area contributed by atoms with Crippen molar-refractivity contribution in [3.8, 4) is 0 Å². The first kappa shape index (κ1) is 37.5. The molecule has 8 nitrogen and oxygen atoms in total. The van der Waals surface area contributed by atoms with Gasteiger partial charge >= 0.3 is 57.3 Å². The molecule has 0 spiro atoms. The summed E-state index contributed by atoms with van der Waals surface area (Å²) in [6.07, 6.45) is 1.20. The summed E-state index contributed by atoms with van der Waals surface area (Å²) in [7, 11) is -17.7. The van der Waals surface area contributed by atoms with E-state index in [1.807, 2.05) is 67.0 Å². The molecule has 220 valence electrons. The molecule has 0 fully saturated rings. The molecule has 37 heavy (non-hydrogen) atoms. The quantitative estimate of drug-likeness (QED) is 0.127. The molecule has 0 bridgehead atoms. The lowest BCUT2D eigenvalue weighted by Gasteiger charge is -2.45. The van der Waals surface area contributed by atoms with E-state index >= 15 is 0 Å². The van der Waals surface area contributed by atoms with Gasteiger partial charge in [0.1, 0.15) is 0 Å². The SMILES string of the molecule is C=CC(=O)O[Si](O[Si](C)(C)O[Si](C)(C)O[Si](C)(C)O[Si](C)(C)O[Si](C)(C)O[Si](C)(C)C)(C(C)C)C(C)C. The maximum absolute atomic E-state index is 12.3. The summed E-state index contributed by atoms with van der Waals surface area (Å²) in [6, 6.07) is 0. The van der Waals surface area contributed by atoms with Crippen LogP contribution in [-0.2, 0) is 33.9 Å². The monoisotopic (exact) mass is 644 g/mol. The summed E-state index contributed by atoms with van der Waals surface area (Å²) < 4.78 is 45.6. The standard InChI is InChI=1S/C22H56O8Si7/c1-19-22(23)24-37(20(2)3,21(4)5)30-36(17,18)29-35(15,16)28-34(13,14)27-33(11,12)26-32(9,10)25-31(6,7)8/h19-21H,1H2,2-18H3. The van der Waals surface area contributed by atoms with Crippen LogP contribution >= 0.6 is 0 Å². The zero-order chi connectivity index (χ0) is 29.9. The van der Waals surface area contributed by atoms with Gasteiger partial charge in [-0.3, -0.25) is 0 Å². The van der Waals surface area contributed by atoms with Crippen molar-refractivity contribution in [1.29, 1.82) is 0 Å². The molecule has 0 aliphatic carbocycles. The van der Waals surface area contributed by atoms with Crippen molar-refractivity contribution in [2.24, 2.45) is 0 Å². The number of hydrogen-bond donors (Lipinski definition) is 0. The first-order valence-corrected chi connectivity index (χ1v) is 32.6. The second-order valence-electron chi connectivity index (χ2n) is 13.4. The van der Waals surface area contributed by atoms with Crippen LogP contribution in [-0.4, -0.2) is 65.7 Å². The van der Waals surface area contributed by atoms with Crippen molar-refractivity contribution in [3.05, 3.63) is 12.7 Å². The van der Waals surface area contributed by atoms with Gasteiger partial charge in [0.25, 0.3) is 0 Å². The van der Waals surface area contributed by atoms with Crippen LogP contribution in [0.3, 0.4) is 0 Å². The Morgan fingerprint density at radius 3 is 1.05 bits per heavy atom. The van der Waals surface area contributed by atoms with Crippen molar-refractivity contribution in [2.45, 2.75) is 124 Å². The van der Waals surface area contributed by atoms with E-state index in [1.54, 1.807) is 0 Å². The highest BCUT2D eigenvalue weighted by atomic mass is 28.5. The van der Waals surface area contributed by atoms with Gasteiger partial charge in [-0.2, -0.15) is 0 Å². The second-order valence-corrected chi connectivity index (χ2v) is 40.5. The molecule has 0 aliphatic rings. The fourth-order valence-electron chi connectivity index (χ4n) is 4.95. The molecule has 0 amide bonds. The van der Waals surface area contributed by atoms with E-state index in [2.05, 4.69) is 52.4 Å². The number of carbonyl (C=O) groups excluding carboxylic acids is 1. The Hall–Kier alpha value is 0.488. The Balaban J connectivity index is 5.68. The normalized spacial score (nSPS) is 14.9. The minimum Gasteiger partial charge on any atom is -0.491 e. The van der Waals surface area contributed by atoms with Gasteiger partial charge in [-0.05, 0) is 85.1 Å². The predicted molar refractivity (Wildman–Crippen MR) is 170 cm³/mol. The summed E-state index contributed by atoms with van der Waals surface area (Å²) >= 11 is 0. The molecule has 0 aromatic heterocycles. The topological polar surface area (TPSA) is 81.7 Å². The Bertz CT molecular complexity index is 769. The smallest absolute Gasteiger partial charge is 0.398 e. The third kappa shape index (κ3) is 14.1. The average Bonchev–Trinajstić information content (AvgIpc) is 2.52. The molecule has 0 heterocycles. The average molecular weight is 645 g/mol. The van der Waals surface area contributed by atoms with Crippen LogP contribution in [0.15, 0.2) is 12.7 Å². The number of carbonyl (C=O) groups is 1. The van der Waals surface area contributed by atoms with Crippen LogP contribution in [0.1, 0.15) is 27.7 Å². The largest absolute Gasteiger partial charge is 0.491 e. The highest BCUT2D eigenvalue weighted by Gasteiger charge is 2.54. The van der Waals surface area contributed by atoms with Gasteiger partial charge in [0, 0.05) is 17.2 Å². The van der Waals surface area contributed by atoms with Gasteiger partial charge in [0.05, 0.1) is 0 Å². The molecule has 0 rings (SSSR count). The van der Waals surface area contributed by atoms with Crippen molar-refractivity contribution in [1.82, 2.24) is 0 Å². The Labute approximate surface area is 235 Å². The zero-order valence-corrected chi connectivity index (χ0v) is 33.7. The third-order valence-corrected chi connectivity index (χ3v) is 32.1. The molecule has 15 heteroatoms. The summed E-state index contributed by atoms with van der Waals surface area (Å²) in [5.74, 6) is -0.453. The molecule has 0 aromatic rings. The lowest BCUT2D eigenvalue weighted by molar-refractivity contribution is -0.131. The first-order valence-electron chi connectivity index (χ1n) is 13.1. The van der Waals surface area contributed by atoms with E-state index in [1.165, 1.54) is 6.08 Å². The molecule has 0 unspecified atom stereocenters. The van der Waals surface area contributed by atoms with E-state index in [0.29, 0.717) is 0 Å². The van der Waals surface area contributed by atoms with Gasteiger partial charge in [0.2, 0.25) is 0 Å². The molecular formula is C22H56O8Si7. The van der Waals surface area contributed by atoms with Crippen LogP contribution < -0.4 is 0 Å². The summed E-state index contributed by atoms with van der Waals surface area (Å²) in [6.45, 7) is 38.7. The molecule has 0 aromatic carbocycles. The van der Waals surface area contributed by atoms with E-state index in [0.717, 1.165) is 0 Å². The number of rotatable bonds is 16. The lowest BCUT2D eigenvalue weighted by atomic mass is 10.5. The number of hydrogen-bond acceptors (Lipinski definition) is 8. The third-order valence-electron chi connectivity index (χ3n) is 4.96. The van der Waals surface area contributed by atoms with E-state index < -0.39 is 65.7 Å². The van der Waals surface area contributed by atoms with Gasteiger partial charge in [-0.1, -0.05) is 34.3 Å². The van der Waals surface area contributed by atoms with Crippen molar-refractivity contribution in [3.63, 3.8) is 0 Å². The molecule has 0 saturated heterocycles. The second kappa shape index (κ2) is 13.0. The highest BCUT2D eigenvalue weighted by Crippen LogP contribution is 2.38. The van der Waals surface area contributed by atoms with Crippen molar-refractivity contribution in [2.75, 3.05) is 0 Å². The van der Waals surface area contributed by atoms with Crippen molar-refractivity contribution < 1.29 is 33.9 Å². The highest BCUT2D eigenvalue weighted by molar-refractivity contribution is 6.91. The van der Waals surface area contributed by atoms with Crippen LogP contribution in [0.4, 0.5) is 0 Å². The van der Waals surface area contributed by atoms with Gasteiger partial charge in [-0.25, -0.2) is 4.79 Å². The molecule has 0 N–H and O–H groups in total. The predicted octanol–water partition coefficient (Wildman–Crippen LogP) is 7.42. The van der Waals surface area contributed by atoms with Gasteiger partial charge in [0.15, 0.2) is 8.32 Å². The summed E-state index contributed by atoms with van der Waals surface area (Å²) in [4.78, 5) is 12.3. The van der Waals surface area contributed by atoms with E-state index in [-0.39, 0.29) is 11.1 Å². The van der Waals surface area contributed by atoms with Crippen LogP contribution in [0.25, 0.3) is 0 Å². The Morgan fingerprint density at radius 1 is 0.541 bits per heavy atom. The van der Waals surface area contributed by atoms with Crippen LogP contribution in [0.5, 0.6) is 0 Å². The lowest BCUT2D eigenvalue weighted by Crippen LogP contribution is -2.62. The molecule has 0 aliphatic heterocycles. The van der Waals surface area contributed by atoms with Crippen molar-refractivity contribution >= 4 is 65.7 Å². The fraction of sp³-hybridized carbons (Fsp3) is 0.864. The molecular weight excluding hydrogens is 589 g/mol. The van der Waals surface area contributed by atoms with E-state index in [9.17, 15) is 4.79 Å². The van der Waals surface area contributed by atoms with Crippen LogP contribution in [0, 0.1) is 0 Å². The molecule has 0 radical (unpaired) electrons. The molecule has 0 saturated carbocycles. The van der Waals surface area contributed by atoms with E-state index in [4.69, 9.17) is 29.1 Å². The van der Waals surface area contributed by atoms with Crippen LogP contribution in [0.2, 0.25) is 96.2 Å². The Kier molecular flexibility index (Phi) is 13.2. The van der Waals surface area contributed by atoms with Gasteiger partial charge < -0.3 is 29.1 Å². The first-order chi connectivity index (χ1) is 16.1. The maximum atomic E-state index is 12.3. The summed E-state index contributed by atoms with van der Waals surface area (Å²) in [5.41, 5.74) is 0.0861. The fourth-order valence-corrected chi connectivity index (χ4v) is 39.8. The minimum absolute atomic E-state index is 0.0430. The minimum atomic E-state index is -2.97.